The van der Waals surface area contributed by atoms with Crippen molar-refractivity contribution in [3.8, 4) is 22.8 Å². The summed E-state index contributed by atoms with van der Waals surface area (Å²) in [7, 11) is 3.04. The molecule has 0 spiro atoms. The zero-order chi connectivity index (χ0) is 17.8. The monoisotopic (exact) mass is 358 g/mol. The second kappa shape index (κ2) is 7.31. The Morgan fingerprint density at radius 2 is 1.80 bits per heavy atom. The van der Waals surface area contributed by atoms with Crippen LogP contribution >= 0.6 is 11.3 Å². The number of anilines is 1. The number of halogens is 1. The molecular weight excluding hydrogens is 343 g/mol. The molecule has 0 aliphatic heterocycles. The van der Waals surface area contributed by atoms with Gasteiger partial charge in [-0.05, 0) is 42.5 Å². The minimum atomic E-state index is -0.305. The van der Waals surface area contributed by atoms with Gasteiger partial charge in [-0.15, -0.1) is 11.3 Å². The lowest BCUT2D eigenvalue weighted by molar-refractivity contribution is 0.102. The molecule has 0 bridgehead atoms. The van der Waals surface area contributed by atoms with Gasteiger partial charge in [-0.25, -0.2) is 9.37 Å². The summed E-state index contributed by atoms with van der Waals surface area (Å²) in [6.07, 6.45) is 0. The molecule has 3 rings (SSSR count). The summed E-state index contributed by atoms with van der Waals surface area (Å²) in [5, 5.41) is 5.01. The van der Waals surface area contributed by atoms with E-state index in [4.69, 9.17) is 9.47 Å². The molecule has 0 unspecified atom stereocenters. The van der Waals surface area contributed by atoms with E-state index in [0.717, 1.165) is 5.56 Å². The molecule has 5 nitrogen and oxygen atoms in total. The van der Waals surface area contributed by atoms with Gasteiger partial charge in [-0.1, -0.05) is 0 Å². The molecule has 7 heteroatoms. The smallest absolute Gasteiger partial charge is 0.257 e. The fraction of sp³-hybridized carbons (Fsp3) is 0.111. The molecular formula is C18H15FN2O3S. The Labute approximate surface area is 148 Å². The van der Waals surface area contributed by atoms with Crippen molar-refractivity contribution in [2.24, 2.45) is 0 Å². The molecule has 128 valence electrons. The van der Waals surface area contributed by atoms with Gasteiger partial charge in [0.2, 0.25) is 0 Å². The number of hydrogen-bond acceptors (Lipinski definition) is 5. The van der Waals surface area contributed by atoms with Gasteiger partial charge >= 0.3 is 0 Å². The number of hydrogen-bond donors (Lipinski definition) is 1. The van der Waals surface area contributed by atoms with Crippen LogP contribution in [0, 0.1) is 5.82 Å². The van der Waals surface area contributed by atoms with Crippen LogP contribution in [-0.4, -0.2) is 25.1 Å². The maximum atomic E-state index is 13.0. The van der Waals surface area contributed by atoms with Crippen molar-refractivity contribution in [2.45, 2.75) is 0 Å². The normalized spacial score (nSPS) is 10.4. The van der Waals surface area contributed by atoms with Crippen molar-refractivity contribution in [3.05, 3.63) is 59.2 Å². The Morgan fingerprint density at radius 3 is 2.48 bits per heavy atom. The van der Waals surface area contributed by atoms with Gasteiger partial charge in [-0.2, -0.15) is 0 Å². The van der Waals surface area contributed by atoms with E-state index in [1.54, 1.807) is 35.7 Å². The summed E-state index contributed by atoms with van der Waals surface area (Å²) < 4.78 is 23.3. The molecule has 1 heterocycles. The molecule has 0 saturated heterocycles. The zero-order valence-corrected chi connectivity index (χ0v) is 14.4. The number of amides is 1. The molecule has 1 N–H and O–H groups in total. The van der Waals surface area contributed by atoms with Gasteiger partial charge in [0, 0.05) is 16.5 Å². The molecule has 0 atom stereocenters. The van der Waals surface area contributed by atoms with Gasteiger partial charge in [0.15, 0.2) is 16.6 Å². The number of aromatic nitrogens is 1. The lowest BCUT2D eigenvalue weighted by atomic mass is 10.2. The summed E-state index contributed by atoms with van der Waals surface area (Å²) in [6.45, 7) is 0. The van der Waals surface area contributed by atoms with Crippen molar-refractivity contribution < 1.29 is 18.7 Å². The second-order valence-corrected chi connectivity index (χ2v) is 5.93. The van der Waals surface area contributed by atoms with E-state index in [1.165, 1.54) is 37.7 Å². The molecule has 0 aliphatic rings. The topological polar surface area (TPSA) is 60.5 Å². The van der Waals surface area contributed by atoms with E-state index in [2.05, 4.69) is 10.3 Å². The van der Waals surface area contributed by atoms with E-state index >= 15 is 0 Å². The average molecular weight is 358 g/mol. The maximum absolute atomic E-state index is 13.0. The van der Waals surface area contributed by atoms with Crippen LogP contribution in [0.5, 0.6) is 11.5 Å². The summed E-state index contributed by atoms with van der Waals surface area (Å²) in [5.41, 5.74) is 1.88. The van der Waals surface area contributed by atoms with Gasteiger partial charge in [0.05, 0.1) is 19.9 Å². The highest BCUT2D eigenvalue weighted by molar-refractivity contribution is 7.14. The fourth-order valence-corrected chi connectivity index (χ4v) is 2.95. The van der Waals surface area contributed by atoms with Gasteiger partial charge in [-0.3, -0.25) is 10.1 Å². The van der Waals surface area contributed by atoms with Crippen LogP contribution in [0.25, 0.3) is 11.3 Å². The van der Waals surface area contributed by atoms with Crippen LogP contribution in [-0.2, 0) is 0 Å². The molecule has 0 aliphatic carbocycles. The molecule has 2 aromatic carbocycles. The molecule has 0 fully saturated rings. The highest BCUT2D eigenvalue weighted by Crippen LogP contribution is 2.29. The number of nitrogens with zero attached hydrogens (tertiary/aromatic N) is 1. The Hall–Kier alpha value is -2.93. The number of thiazole rings is 1. The maximum Gasteiger partial charge on any atom is 0.257 e. The van der Waals surface area contributed by atoms with Crippen molar-refractivity contribution in [1.29, 1.82) is 0 Å². The third-order valence-electron chi connectivity index (χ3n) is 3.51. The molecule has 25 heavy (non-hydrogen) atoms. The molecule has 1 amide bonds. The van der Waals surface area contributed by atoms with E-state index in [-0.39, 0.29) is 11.7 Å². The van der Waals surface area contributed by atoms with Crippen molar-refractivity contribution >= 4 is 22.4 Å². The van der Waals surface area contributed by atoms with Crippen molar-refractivity contribution in [2.75, 3.05) is 19.5 Å². The highest BCUT2D eigenvalue weighted by Gasteiger charge is 2.13. The summed E-state index contributed by atoms with van der Waals surface area (Å²) in [6, 6.07) is 10.9. The standard InChI is InChI=1S/C18H15FN2O3S/c1-23-15-8-5-12(9-16(15)24-2)17(22)21-18-20-14(10-25-18)11-3-6-13(19)7-4-11/h3-10H,1-2H3,(H,20,21,22). The summed E-state index contributed by atoms with van der Waals surface area (Å²) in [4.78, 5) is 16.7. The fourth-order valence-electron chi connectivity index (χ4n) is 2.23. The van der Waals surface area contributed by atoms with Crippen LogP contribution < -0.4 is 14.8 Å². The lowest BCUT2D eigenvalue weighted by Gasteiger charge is -2.09. The highest BCUT2D eigenvalue weighted by atomic mass is 32.1. The lowest BCUT2D eigenvalue weighted by Crippen LogP contribution is -2.11. The first kappa shape index (κ1) is 16.9. The Kier molecular flexibility index (Phi) is 4.95. The van der Waals surface area contributed by atoms with E-state index < -0.39 is 0 Å². The molecule has 0 saturated carbocycles. The van der Waals surface area contributed by atoms with Gasteiger partial charge in [0.25, 0.3) is 5.91 Å². The second-order valence-electron chi connectivity index (χ2n) is 5.07. The molecule has 3 aromatic rings. The first-order valence-corrected chi connectivity index (χ1v) is 8.23. The SMILES string of the molecule is COc1ccc(C(=O)Nc2nc(-c3ccc(F)cc3)cs2)cc1OC. The number of carbonyl (C=O) groups is 1. The summed E-state index contributed by atoms with van der Waals surface area (Å²) in [5.74, 6) is 0.412. The number of rotatable bonds is 5. The molecule has 0 radical (unpaired) electrons. The summed E-state index contributed by atoms with van der Waals surface area (Å²) >= 11 is 1.30. The first-order valence-electron chi connectivity index (χ1n) is 7.35. The Morgan fingerprint density at radius 1 is 1.08 bits per heavy atom. The number of carbonyl (C=O) groups excluding carboxylic acids is 1. The number of ether oxygens (including phenoxy) is 2. The van der Waals surface area contributed by atoms with Crippen LogP contribution in [0.2, 0.25) is 0 Å². The molecule has 1 aromatic heterocycles. The average Bonchev–Trinajstić information content (AvgIpc) is 3.10. The number of nitrogens with one attached hydrogen (secondary N) is 1. The predicted molar refractivity (Wildman–Crippen MR) is 95.0 cm³/mol. The minimum absolute atomic E-state index is 0.305. The van der Waals surface area contributed by atoms with Crippen molar-refractivity contribution in [3.63, 3.8) is 0 Å². The third kappa shape index (κ3) is 3.77. The van der Waals surface area contributed by atoms with E-state index in [9.17, 15) is 9.18 Å². The van der Waals surface area contributed by atoms with Crippen LogP contribution in [0.15, 0.2) is 47.8 Å². The Bertz CT molecular complexity index is 894. The third-order valence-corrected chi connectivity index (χ3v) is 4.27. The van der Waals surface area contributed by atoms with Crippen molar-refractivity contribution in [1.82, 2.24) is 4.98 Å². The quantitative estimate of drug-likeness (QED) is 0.742. The van der Waals surface area contributed by atoms with E-state index in [0.29, 0.717) is 27.9 Å². The van der Waals surface area contributed by atoms with Gasteiger partial charge in [0.1, 0.15) is 5.82 Å². The van der Waals surface area contributed by atoms with Crippen LogP contribution in [0.3, 0.4) is 0 Å². The zero-order valence-electron chi connectivity index (χ0n) is 13.6. The minimum Gasteiger partial charge on any atom is -0.493 e. The number of methoxy groups -OCH3 is 2. The van der Waals surface area contributed by atoms with Crippen LogP contribution in [0.4, 0.5) is 9.52 Å². The van der Waals surface area contributed by atoms with Crippen LogP contribution in [0.1, 0.15) is 10.4 Å². The number of benzene rings is 2. The largest absolute Gasteiger partial charge is 0.493 e. The predicted octanol–water partition coefficient (Wildman–Crippen LogP) is 4.22. The first-order chi connectivity index (χ1) is 12.1. The van der Waals surface area contributed by atoms with Gasteiger partial charge < -0.3 is 9.47 Å². The Balaban J connectivity index is 1.76. The van der Waals surface area contributed by atoms with E-state index in [1.807, 2.05) is 0 Å².